The number of carbonyl (C=O) groups excluding carboxylic acids is 1. The maximum absolute atomic E-state index is 11.2. The molecule has 0 saturated carbocycles. The first-order chi connectivity index (χ1) is 13.0. The number of hydrogen-bond donors (Lipinski definition) is 2. The Kier molecular flexibility index (Phi) is 4.83. The number of nitriles is 2. The fraction of sp³-hybridized carbons (Fsp3) is 0.0476. The smallest absolute Gasteiger partial charge is 0.221 e. The van der Waals surface area contributed by atoms with E-state index in [-0.39, 0.29) is 11.7 Å². The highest BCUT2D eigenvalue weighted by Crippen LogP contribution is 2.31. The Morgan fingerprint density at radius 3 is 2.19 bits per heavy atom. The Hall–Kier alpha value is -4.16. The van der Waals surface area contributed by atoms with Gasteiger partial charge in [-0.1, -0.05) is 24.3 Å². The molecule has 0 aliphatic rings. The molecule has 6 nitrogen and oxygen atoms in total. The molecule has 3 rings (SSSR count). The number of nitrogens with one attached hydrogen (secondary N) is 1. The molecule has 0 unspecified atom stereocenters. The number of nitrogens with zero attached hydrogens (tertiary/aromatic N) is 3. The molecule has 1 amide bonds. The molecule has 0 fully saturated rings. The van der Waals surface area contributed by atoms with E-state index in [0.29, 0.717) is 28.1 Å². The molecule has 6 heteroatoms. The molecular formula is C21H15N5O. The van der Waals surface area contributed by atoms with E-state index in [0.717, 1.165) is 11.1 Å². The van der Waals surface area contributed by atoms with Crippen molar-refractivity contribution in [2.24, 2.45) is 0 Å². The van der Waals surface area contributed by atoms with E-state index in [4.69, 9.17) is 11.0 Å². The van der Waals surface area contributed by atoms with Crippen LogP contribution in [0.1, 0.15) is 18.1 Å². The van der Waals surface area contributed by atoms with Gasteiger partial charge in [0.15, 0.2) is 0 Å². The highest BCUT2D eigenvalue weighted by atomic mass is 16.1. The summed E-state index contributed by atoms with van der Waals surface area (Å²) in [6.45, 7) is 1.44. The number of benzene rings is 2. The molecule has 1 aromatic heterocycles. The van der Waals surface area contributed by atoms with Gasteiger partial charge in [0, 0.05) is 23.7 Å². The normalized spacial score (nSPS) is 9.89. The number of pyridine rings is 1. The van der Waals surface area contributed by atoms with Gasteiger partial charge in [0.1, 0.15) is 17.5 Å². The van der Waals surface area contributed by atoms with Gasteiger partial charge in [0.25, 0.3) is 0 Å². The van der Waals surface area contributed by atoms with Crippen molar-refractivity contribution in [3.05, 3.63) is 65.7 Å². The molecule has 2 aromatic carbocycles. The third kappa shape index (κ3) is 3.76. The van der Waals surface area contributed by atoms with Gasteiger partial charge in [0.2, 0.25) is 5.91 Å². The molecule has 3 N–H and O–H groups in total. The minimum atomic E-state index is -0.156. The number of nitrogen functional groups attached to an aromatic ring is 1. The number of nitrogens with two attached hydrogens (primary N) is 1. The van der Waals surface area contributed by atoms with Gasteiger partial charge in [-0.25, -0.2) is 4.98 Å². The van der Waals surface area contributed by atoms with E-state index in [2.05, 4.69) is 22.4 Å². The average Bonchev–Trinajstić information content (AvgIpc) is 2.67. The van der Waals surface area contributed by atoms with E-state index in [9.17, 15) is 10.1 Å². The second-order valence-corrected chi connectivity index (χ2v) is 5.87. The topological polar surface area (TPSA) is 116 Å². The molecule has 27 heavy (non-hydrogen) atoms. The number of carbonyl (C=O) groups is 1. The summed E-state index contributed by atoms with van der Waals surface area (Å²) in [4.78, 5) is 15.5. The van der Waals surface area contributed by atoms with Crippen LogP contribution in [0.3, 0.4) is 0 Å². The minimum Gasteiger partial charge on any atom is -0.383 e. The minimum absolute atomic E-state index is 0.139. The van der Waals surface area contributed by atoms with E-state index in [1.54, 1.807) is 42.5 Å². The van der Waals surface area contributed by atoms with Crippen molar-refractivity contribution in [1.29, 1.82) is 10.5 Å². The number of anilines is 2. The van der Waals surface area contributed by atoms with Crippen LogP contribution in [0.25, 0.3) is 22.4 Å². The lowest BCUT2D eigenvalue weighted by molar-refractivity contribution is -0.114. The summed E-state index contributed by atoms with van der Waals surface area (Å²) in [5, 5.41) is 21.1. The molecule has 3 aromatic rings. The molecule has 1 heterocycles. The van der Waals surface area contributed by atoms with Crippen molar-refractivity contribution in [3.63, 3.8) is 0 Å². The Morgan fingerprint density at radius 1 is 1.00 bits per heavy atom. The lowest BCUT2D eigenvalue weighted by atomic mass is 9.98. The van der Waals surface area contributed by atoms with Gasteiger partial charge in [-0.3, -0.25) is 4.79 Å². The summed E-state index contributed by atoms with van der Waals surface area (Å²) < 4.78 is 0. The third-order valence-corrected chi connectivity index (χ3v) is 3.99. The molecule has 130 valence electrons. The SMILES string of the molecule is CC(=O)Nc1ccc(-c2cc(-c3ccc(C#N)cc3)nc(N)c2C#N)cc1. The quantitative estimate of drug-likeness (QED) is 0.745. The van der Waals surface area contributed by atoms with Crippen molar-refractivity contribution in [1.82, 2.24) is 4.98 Å². The van der Waals surface area contributed by atoms with E-state index in [1.807, 2.05) is 12.1 Å². The predicted octanol–water partition coefficient (Wildman–Crippen LogP) is 3.70. The van der Waals surface area contributed by atoms with Gasteiger partial charge in [-0.2, -0.15) is 10.5 Å². The Labute approximate surface area is 156 Å². The van der Waals surface area contributed by atoms with Gasteiger partial charge in [-0.05, 0) is 35.9 Å². The largest absolute Gasteiger partial charge is 0.383 e. The molecule has 0 atom stereocenters. The molecule has 0 radical (unpaired) electrons. The Balaban J connectivity index is 2.08. The summed E-state index contributed by atoms with van der Waals surface area (Å²) in [6, 6.07) is 20.1. The third-order valence-electron chi connectivity index (χ3n) is 3.99. The first-order valence-corrected chi connectivity index (χ1v) is 8.11. The maximum atomic E-state index is 11.2. The van der Waals surface area contributed by atoms with Crippen LogP contribution in [-0.2, 0) is 4.79 Å². The zero-order valence-corrected chi connectivity index (χ0v) is 14.5. The van der Waals surface area contributed by atoms with Crippen molar-refractivity contribution >= 4 is 17.4 Å². The molecular weight excluding hydrogens is 338 g/mol. The molecule has 0 spiro atoms. The number of amides is 1. The van der Waals surface area contributed by atoms with Crippen LogP contribution < -0.4 is 11.1 Å². The van der Waals surface area contributed by atoms with Gasteiger partial charge >= 0.3 is 0 Å². The van der Waals surface area contributed by atoms with Crippen LogP contribution in [0.2, 0.25) is 0 Å². The zero-order chi connectivity index (χ0) is 19.4. The summed E-state index contributed by atoms with van der Waals surface area (Å²) in [5.41, 5.74) is 10.4. The van der Waals surface area contributed by atoms with Crippen LogP contribution in [0.5, 0.6) is 0 Å². The van der Waals surface area contributed by atoms with Gasteiger partial charge in [-0.15, -0.1) is 0 Å². The summed E-state index contributed by atoms with van der Waals surface area (Å²) in [6.07, 6.45) is 0. The summed E-state index contributed by atoms with van der Waals surface area (Å²) >= 11 is 0. The molecule has 0 saturated heterocycles. The molecule has 0 bridgehead atoms. The predicted molar refractivity (Wildman–Crippen MR) is 103 cm³/mol. The highest BCUT2D eigenvalue weighted by Gasteiger charge is 2.13. The number of hydrogen-bond acceptors (Lipinski definition) is 5. The van der Waals surface area contributed by atoms with Crippen molar-refractivity contribution in [2.45, 2.75) is 6.92 Å². The van der Waals surface area contributed by atoms with Crippen molar-refractivity contribution in [2.75, 3.05) is 11.1 Å². The number of aromatic nitrogens is 1. The van der Waals surface area contributed by atoms with Crippen LogP contribution >= 0.6 is 0 Å². The number of rotatable bonds is 3. The lowest BCUT2D eigenvalue weighted by Gasteiger charge is -2.11. The summed E-state index contributed by atoms with van der Waals surface area (Å²) in [5.74, 6) is -0.0166. The first kappa shape index (κ1) is 17.7. The lowest BCUT2D eigenvalue weighted by Crippen LogP contribution is -2.05. The van der Waals surface area contributed by atoms with E-state index >= 15 is 0 Å². The molecule has 0 aliphatic heterocycles. The fourth-order valence-electron chi connectivity index (χ4n) is 2.71. The van der Waals surface area contributed by atoms with Crippen LogP contribution in [-0.4, -0.2) is 10.9 Å². The van der Waals surface area contributed by atoms with Crippen molar-refractivity contribution < 1.29 is 4.79 Å². The second kappa shape index (κ2) is 7.38. The summed E-state index contributed by atoms with van der Waals surface area (Å²) in [7, 11) is 0. The fourth-order valence-corrected chi connectivity index (χ4v) is 2.71. The van der Waals surface area contributed by atoms with Crippen LogP contribution in [0, 0.1) is 22.7 Å². The highest BCUT2D eigenvalue weighted by molar-refractivity contribution is 5.89. The monoisotopic (exact) mass is 353 g/mol. The van der Waals surface area contributed by atoms with E-state index in [1.165, 1.54) is 6.92 Å². The zero-order valence-electron chi connectivity index (χ0n) is 14.5. The maximum Gasteiger partial charge on any atom is 0.221 e. The Morgan fingerprint density at radius 2 is 1.63 bits per heavy atom. The van der Waals surface area contributed by atoms with Crippen LogP contribution in [0.15, 0.2) is 54.6 Å². The standard InChI is InChI=1S/C21H15N5O/c1-13(27)25-17-8-6-15(7-9-17)18-10-20(26-21(24)19(18)12-23)16-4-2-14(11-22)3-5-16/h2-10H,1H3,(H2,24,26)(H,25,27). The van der Waals surface area contributed by atoms with Gasteiger partial charge in [0.05, 0.1) is 17.3 Å². The molecule has 0 aliphatic carbocycles. The second-order valence-electron chi connectivity index (χ2n) is 5.87. The average molecular weight is 353 g/mol. The van der Waals surface area contributed by atoms with Gasteiger partial charge < -0.3 is 11.1 Å². The van der Waals surface area contributed by atoms with Crippen LogP contribution in [0.4, 0.5) is 11.5 Å². The van der Waals surface area contributed by atoms with E-state index < -0.39 is 0 Å². The Bertz CT molecular complexity index is 1090. The van der Waals surface area contributed by atoms with Crippen molar-refractivity contribution in [3.8, 4) is 34.5 Å². The first-order valence-electron chi connectivity index (χ1n) is 8.11.